The summed E-state index contributed by atoms with van der Waals surface area (Å²) in [6.45, 7) is 2.02. The standard InChI is InChI=1S/C17H31NO11/c1-3-4-26-15-13(24)16(25)27-9(6-20)14(15)29-17-10(18-7(2)21)12(23)11(22)8(5-19)28-17/h8-17,19-20,22-25H,3-6H2,1-2H3,(H,18,21)/t8-,9-,10-,11+,12-,13-,14+,15-,16-,17+/m1/s1. The Morgan fingerprint density at radius 1 is 0.966 bits per heavy atom. The molecule has 2 saturated heterocycles. The van der Waals surface area contributed by atoms with E-state index in [4.69, 9.17) is 18.9 Å². The quantitative estimate of drug-likeness (QED) is 0.202. The van der Waals surface area contributed by atoms with Crippen LogP contribution in [0.15, 0.2) is 0 Å². The third-order valence-corrected chi connectivity index (χ3v) is 4.87. The summed E-state index contributed by atoms with van der Waals surface area (Å²) in [4.78, 5) is 11.5. The Morgan fingerprint density at radius 2 is 1.62 bits per heavy atom. The topological polar surface area (TPSA) is 187 Å². The van der Waals surface area contributed by atoms with Gasteiger partial charge in [-0.2, -0.15) is 0 Å². The van der Waals surface area contributed by atoms with E-state index >= 15 is 0 Å². The van der Waals surface area contributed by atoms with Gasteiger partial charge in [0.2, 0.25) is 5.91 Å². The molecule has 7 N–H and O–H groups in total. The van der Waals surface area contributed by atoms with Crippen molar-refractivity contribution in [2.24, 2.45) is 0 Å². The summed E-state index contributed by atoms with van der Waals surface area (Å²) in [5, 5.41) is 62.1. The monoisotopic (exact) mass is 425 g/mol. The first-order chi connectivity index (χ1) is 13.7. The van der Waals surface area contributed by atoms with Crippen LogP contribution in [0.1, 0.15) is 20.3 Å². The average molecular weight is 425 g/mol. The number of amides is 1. The van der Waals surface area contributed by atoms with Gasteiger partial charge >= 0.3 is 0 Å². The molecule has 2 aliphatic heterocycles. The minimum Gasteiger partial charge on any atom is -0.394 e. The fourth-order valence-electron chi connectivity index (χ4n) is 3.41. The molecule has 0 saturated carbocycles. The Kier molecular flexibility index (Phi) is 9.15. The van der Waals surface area contributed by atoms with Crippen LogP contribution in [0.5, 0.6) is 0 Å². The van der Waals surface area contributed by atoms with Crippen LogP contribution in [0.3, 0.4) is 0 Å². The number of nitrogens with one attached hydrogen (secondary N) is 1. The lowest BCUT2D eigenvalue weighted by Crippen LogP contribution is -2.67. The first-order valence-electron chi connectivity index (χ1n) is 9.54. The Morgan fingerprint density at radius 3 is 2.17 bits per heavy atom. The molecule has 0 aromatic carbocycles. The van der Waals surface area contributed by atoms with Crippen molar-refractivity contribution < 1.29 is 54.4 Å². The molecule has 170 valence electrons. The van der Waals surface area contributed by atoms with Crippen LogP contribution in [0.4, 0.5) is 0 Å². The molecule has 1 amide bonds. The van der Waals surface area contributed by atoms with Gasteiger partial charge in [0.05, 0.1) is 13.2 Å². The average Bonchev–Trinajstić information content (AvgIpc) is 2.69. The maximum absolute atomic E-state index is 11.5. The molecule has 2 rings (SSSR count). The van der Waals surface area contributed by atoms with Crippen molar-refractivity contribution >= 4 is 5.91 Å². The second-order valence-corrected chi connectivity index (χ2v) is 7.11. The zero-order chi connectivity index (χ0) is 21.7. The number of ether oxygens (including phenoxy) is 4. The Balaban J connectivity index is 2.28. The lowest BCUT2D eigenvalue weighted by atomic mass is 9.95. The highest BCUT2D eigenvalue weighted by Crippen LogP contribution is 2.30. The minimum atomic E-state index is -1.62. The van der Waals surface area contributed by atoms with Crippen molar-refractivity contribution in [3.8, 4) is 0 Å². The minimum absolute atomic E-state index is 0.216. The molecule has 2 aliphatic rings. The first-order valence-corrected chi connectivity index (χ1v) is 9.54. The van der Waals surface area contributed by atoms with Crippen LogP contribution in [0.2, 0.25) is 0 Å². The third kappa shape index (κ3) is 5.61. The summed E-state index contributed by atoms with van der Waals surface area (Å²) < 4.78 is 22.1. The second kappa shape index (κ2) is 10.9. The summed E-state index contributed by atoms with van der Waals surface area (Å²) in [5.74, 6) is -0.534. The van der Waals surface area contributed by atoms with Crippen LogP contribution < -0.4 is 5.32 Å². The van der Waals surface area contributed by atoms with Gasteiger partial charge < -0.3 is 54.9 Å². The molecule has 0 radical (unpaired) electrons. The normalized spacial score (nSPS) is 43.2. The Hall–Kier alpha value is -0.930. The van der Waals surface area contributed by atoms with Crippen molar-refractivity contribution in [3.63, 3.8) is 0 Å². The highest BCUT2D eigenvalue weighted by molar-refractivity contribution is 5.73. The van der Waals surface area contributed by atoms with Gasteiger partial charge in [-0.3, -0.25) is 4.79 Å². The summed E-state index contributed by atoms with van der Waals surface area (Å²) in [5.41, 5.74) is 0. The third-order valence-electron chi connectivity index (χ3n) is 4.87. The molecule has 2 fully saturated rings. The molecule has 0 unspecified atom stereocenters. The number of carbonyl (C=O) groups is 1. The number of aliphatic hydroxyl groups excluding tert-OH is 6. The number of aliphatic hydroxyl groups is 6. The molecule has 2 heterocycles. The lowest BCUT2D eigenvalue weighted by Gasteiger charge is -2.47. The molecule has 12 nitrogen and oxygen atoms in total. The van der Waals surface area contributed by atoms with Crippen molar-refractivity contribution in [2.75, 3.05) is 19.8 Å². The first kappa shape index (κ1) is 24.3. The van der Waals surface area contributed by atoms with E-state index < -0.39 is 80.5 Å². The number of hydrogen-bond donors (Lipinski definition) is 7. The van der Waals surface area contributed by atoms with E-state index in [9.17, 15) is 35.4 Å². The van der Waals surface area contributed by atoms with Gasteiger partial charge in [0.15, 0.2) is 12.6 Å². The molecule has 0 aromatic heterocycles. The van der Waals surface area contributed by atoms with Crippen molar-refractivity contribution in [2.45, 2.75) is 81.6 Å². The predicted octanol–water partition coefficient (Wildman–Crippen LogP) is -3.82. The number of hydrogen-bond acceptors (Lipinski definition) is 11. The maximum atomic E-state index is 11.5. The van der Waals surface area contributed by atoms with E-state index in [1.807, 2.05) is 6.92 Å². The predicted molar refractivity (Wildman–Crippen MR) is 94.2 cm³/mol. The summed E-state index contributed by atoms with van der Waals surface area (Å²) in [6.07, 6.45) is -11.5. The van der Waals surface area contributed by atoms with E-state index in [1.54, 1.807) is 0 Å². The SMILES string of the molecule is CCCO[C@@H]1[C@@H](O)[C@H](O)O[C@H](CO)[C@@H]1O[C@@H]1O[C@H](CO)[C@H](O)[C@H](O)[C@H]1NC(C)=O. The smallest absolute Gasteiger partial charge is 0.217 e. The summed E-state index contributed by atoms with van der Waals surface area (Å²) in [7, 11) is 0. The largest absolute Gasteiger partial charge is 0.394 e. The van der Waals surface area contributed by atoms with E-state index in [0.29, 0.717) is 6.42 Å². The molecule has 0 spiro atoms. The molecule has 12 heteroatoms. The van der Waals surface area contributed by atoms with Crippen molar-refractivity contribution in [1.29, 1.82) is 0 Å². The van der Waals surface area contributed by atoms with Crippen LogP contribution in [0, 0.1) is 0 Å². The van der Waals surface area contributed by atoms with Gasteiger partial charge in [-0.1, -0.05) is 6.92 Å². The van der Waals surface area contributed by atoms with E-state index in [-0.39, 0.29) is 6.61 Å². The molecule has 0 bridgehead atoms. The van der Waals surface area contributed by atoms with Gasteiger partial charge in [-0.25, -0.2) is 0 Å². The number of carbonyl (C=O) groups excluding carboxylic acids is 1. The maximum Gasteiger partial charge on any atom is 0.217 e. The van der Waals surface area contributed by atoms with E-state index in [2.05, 4.69) is 5.32 Å². The van der Waals surface area contributed by atoms with E-state index in [1.165, 1.54) is 6.92 Å². The van der Waals surface area contributed by atoms with Crippen molar-refractivity contribution in [3.05, 3.63) is 0 Å². The van der Waals surface area contributed by atoms with Gasteiger partial charge in [-0.15, -0.1) is 0 Å². The van der Waals surface area contributed by atoms with Gasteiger partial charge in [0.25, 0.3) is 0 Å². The van der Waals surface area contributed by atoms with Crippen LogP contribution in [0.25, 0.3) is 0 Å². The second-order valence-electron chi connectivity index (χ2n) is 7.11. The Labute approximate surface area is 167 Å². The fraction of sp³-hybridized carbons (Fsp3) is 0.941. The van der Waals surface area contributed by atoms with Gasteiger partial charge in [-0.05, 0) is 6.42 Å². The lowest BCUT2D eigenvalue weighted by molar-refractivity contribution is -0.345. The molecular formula is C17H31NO11. The Bertz CT molecular complexity index is 524. The van der Waals surface area contributed by atoms with Gasteiger partial charge in [0.1, 0.15) is 48.8 Å². The fourth-order valence-corrected chi connectivity index (χ4v) is 3.41. The van der Waals surface area contributed by atoms with Gasteiger partial charge in [0, 0.05) is 13.5 Å². The highest BCUT2D eigenvalue weighted by Gasteiger charge is 2.51. The molecular weight excluding hydrogens is 394 g/mol. The molecule has 0 aromatic rings. The molecule has 29 heavy (non-hydrogen) atoms. The zero-order valence-corrected chi connectivity index (χ0v) is 16.3. The highest BCUT2D eigenvalue weighted by atomic mass is 16.7. The summed E-state index contributed by atoms with van der Waals surface area (Å²) in [6, 6.07) is -1.22. The zero-order valence-electron chi connectivity index (χ0n) is 16.3. The van der Waals surface area contributed by atoms with Crippen LogP contribution in [-0.2, 0) is 23.7 Å². The molecule has 10 atom stereocenters. The number of rotatable bonds is 8. The summed E-state index contributed by atoms with van der Waals surface area (Å²) >= 11 is 0. The molecule has 0 aliphatic carbocycles. The van der Waals surface area contributed by atoms with E-state index in [0.717, 1.165) is 0 Å². The van der Waals surface area contributed by atoms with Crippen LogP contribution in [-0.4, -0.2) is 118 Å². The van der Waals surface area contributed by atoms with Crippen molar-refractivity contribution in [1.82, 2.24) is 5.32 Å². The van der Waals surface area contributed by atoms with Crippen LogP contribution >= 0.6 is 0 Å².